The van der Waals surface area contributed by atoms with Gasteiger partial charge in [-0.1, -0.05) is 42.1 Å². The number of allylic oxidation sites excluding steroid dienone is 2. The van der Waals surface area contributed by atoms with E-state index >= 15 is 0 Å². The van der Waals surface area contributed by atoms with E-state index in [1.165, 1.54) is 22.4 Å². The molecule has 151 valence electrons. The molecule has 2 aromatic carbocycles. The van der Waals surface area contributed by atoms with Gasteiger partial charge in [0.05, 0.1) is 8.07 Å². The number of benzene rings is 2. The van der Waals surface area contributed by atoms with Gasteiger partial charge in [-0.25, -0.2) is 0 Å². The third-order valence-corrected chi connectivity index (χ3v) is 11.8. The Hall–Kier alpha value is -1.12. The molecule has 0 saturated carbocycles. The van der Waals surface area contributed by atoms with E-state index in [-0.39, 0.29) is 24.8 Å². The molecule has 2 atom stereocenters. The van der Waals surface area contributed by atoms with Gasteiger partial charge in [0.1, 0.15) is 0 Å². The standard InChI is InChI=1S/C16H17NSi.C9H7.2ClH.Zr/c1-11-15-13-9-10-17(12-7-5-4-6-8-12)14(13)16(11)18(15,2)3;1-2-5-9-7-3-6-8(9)4-1;;;/h4-10,16H,1-3H3;1-7H;2*1H;/q;;;;+2/p-2. The zero-order chi connectivity index (χ0) is 19.5. The van der Waals surface area contributed by atoms with Gasteiger partial charge in [0.2, 0.25) is 0 Å². The molecule has 1 aromatic heterocycles. The van der Waals surface area contributed by atoms with Crippen molar-refractivity contribution in [2.45, 2.75) is 29.2 Å². The van der Waals surface area contributed by atoms with E-state index in [9.17, 15) is 0 Å². The van der Waals surface area contributed by atoms with Crippen LogP contribution in [0.5, 0.6) is 0 Å². The van der Waals surface area contributed by atoms with Crippen molar-refractivity contribution >= 4 is 19.3 Å². The molecule has 7 rings (SSSR count). The van der Waals surface area contributed by atoms with Crippen LogP contribution in [0.25, 0.3) is 17.0 Å². The molecule has 2 bridgehead atoms. The van der Waals surface area contributed by atoms with Gasteiger partial charge in [-0.3, -0.25) is 0 Å². The average molecular weight is 529 g/mol. The van der Waals surface area contributed by atoms with E-state index in [1.54, 1.807) is 41.2 Å². The summed E-state index contributed by atoms with van der Waals surface area (Å²) in [6.07, 6.45) is 6.74. The van der Waals surface area contributed by atoms with Gasteiger partial charge in [-0.05, 0) is 30.7 Å². The molecular formula is C25H24Cl2NSiZr. The van der Waals surface area contributed by atoms with Crippen LogP contribution in [0.2, 0.25) is 13.1 Å². The van der Waals surface area contributed by atoms with Gasteiger partial charge in [0.25, 0.3) is 0 Å². The number of para-hydroxylation sites is 1. The van der Waals surface area contributed by atoms with Crippen molar-refractivity contribution in [3.63, 3.8) is 0 Å². The van der Waals surface area contributed by atoms with E-state index in [0.717, 1.165) is 5.54 Å². The Kier molecular flexibility index (Phi) is 6.90. The Morgan fingerprint density at radius 1 is 0.900 bits per heavy atom. The van der Waals surface area contributed by atoms with Crippen molar-refractivity contribution in [3.8, 4) is 5.69 Å². The topological polar surface area (TPSA) is 4.93 Å². The second kappa shape index (κ2) is 8.79. The molecule has 30 heavy (non-hydrogen) atoms. The molecule has 3 aromatic rings. The quantitative estimate of drug-likeness (QED) is 0.405. The van der Waals surface area contributed by atoms with Crippen LogP contribution >= 0.6 is 0 Å². The number of aromatic nitrogens is 1. The van der Waals surface area contributed by atoms with Gasteiger partial charge in [0, 0.05) is 23.1 Å². The van der Waals surface area contributed by atoms with Gasteiger partial charge >= 0.3 is 75.9 Å². The molecule has 0 spiro atoms. The van der Waals surface area contributed by atoms with Crippen LogP contribution in [0.15, 0.2) is 78.5 Å². The van der Waals surface area contributed by atoms with Crippen LogP contribution in [0, 0.1) is 0 Å². The van der Waals surface area contributed by atoms with Crippen LogP contribution in [-0.4, -0.2) is 12.6 Å². The molecule has 5 heteroatoms. The first-order chi connectivity index (χ1) is 13.5. The summed E-state index contributed by atoms with van der Waals surface area (Å²) < 4.78 is 3.11. The average Bonchev–Trinajstić information content (AvgIpc) is 3.40. The summed E-state index contributed by atoms with van der Waals surface area (Å²) in [5, 5.41) is 1.72. The normalized spacial score (nSPS) is 20.8. The van der Waals surface area contributed by atoms with E-state index < -0.39 is 8.07 Å². The number of nitrogens with zero attached hydrogens (tertiary/aromatic N) is 1. The van der Waals surface area contributed by atoms with E-state index in [0.29, 0.717) is 3.63 Å². The third-order valence-electron chi connectivity index (χ3n) is 6.50. The third kappa shape index (κ3) is 3.48. The van der Waals surface area contributed by atoms with Crippen molar-refractivity contribution in [2.24, 2.45) is 0 Å². The Morgan fingerprint density at radius 2 is 1.57 bits per heavy atom. The summed E-state index contributed by atoms with van der Waals surface area (Å²) in [4.78, 5) is 0. The van der Waals surface area contributed by atoms with Crippen molar-refractivity contribution in [1.29, 1.82) is 0 Å². The molecule has 0 radical (unpaired) electrons. The van der Waals surface area contributed by atoms with Gasteiger partial charge in [-0.15, -0.1) is 0 Å². The minimum atomic E-state index is -1.17. The summed E-state index contributed by atoms with van der Waals surface area (Å²) >= 11 is 1.59. The molecule has 2 aliphatic carbocycles. The van der Waals surface area contributed by atoms with E-state index in [2.05, 4.69) is 104 Å². The van der Waals surface area contributed by atoms with E-state index in [4.69, 9.17) is 0 Å². The fourth-order valence-electron chi connectivity index (χ4n) is 5.38. The predicted octanol–water partition coefficient (Wildman–Crippen LogP) is 0.458. The molecule has 2 aliphatic heterocycles. The maximum atomic E-state index is 2.51. The number of hydrogen-bond donors (Lipinski definition) is 0. The monoisotopic (exact) mass is 526 g/mol. The molecule has 0 saturated heterocycles. The van der Waals surface area contributed by atoms with Crippen molar-refractivity contribution < 1.29 is 49.5 Å². The summed E-state index contributed by atoms with van der Waals surface area (Å²) in [5.41, 5.74) is 9.69. The second-order valence-electron chi connectivity index (χ2n) is 8.50. The molecule has 3 heterocycles. The van der Waals surface area contributed by atoms with E-state index in [1.807, 2.05) is 0 Å². The van der Waals surface area contributed by atoms with Crippen LogP contribution in [0.1, 0.15) is 38.5 Å². The first-order valence-electron chi connectivity index (χ1n) is 9.96. The fourth-order valence-corrected chi connectivity index (χ4v) is 10.6. The van der Waals surface area contributed by atoms with Gasteiger partial charge in [-0.2, -0.15) is 0 Å². The predicted molar refractivity (Wildman–Crippen MR) is 117 cm³/mol. The van der Waals surface area contributed by atoms with Gasteiger partial charge in [0.15, 0.2) is 0 Å². The molecule has 4 aliphatic rings. The van der Waals surface area contributed by atoms with Crippen LogP contribution < -0.4 is 24.8 Å². The minimum absolute atomic E-state index is 0. The van der Waals surface area contributed by atoms with Crippen LogP contribution in [0.3, 0.4) is 0 Å². The first kappa shape index (κ1) is 23.5. The molecule has 0 N–H and O–H groups in total. The SMILES string of the molecule is CC1=C2c3ccn(-c4ccccc4)c3C1[Si]2(C)C.[Cl-].[Cl-].[Zr+2][CH]1C=Cc2ccccc21. The number of halogens is 2. The summed E-state index contributed by atoms with van der Waals surface area (Å²) in [6.45, 7) is 7.35. The number of fused-ring (bicyclic) bond motifs is 1. The molecule has 0 fully saturated rings. The molecule has 0 amide bonds. The Balaban J connectivity index is 0.000000184. The molecular weight excluding hydrogens is 504 g/mol. The van der Waals surface area contributed by atoms with Crippen molar-refractivity contribution in [2.75, 3.05) is 0 Å². The Bertz CT molecular complexity index is 1130. The Morgan fingerprint density at radius 3 is 2.23 bits per heavy atom. The summed E-state index contributed by atoms with van der Waals surface area (Å²) in [5.74, 6) is 0. The first-order valence-corrected chi connectivity index (χ1v) is 14.5. The fraction of sp³-hybridized carbons (Fsp3) is 0.200. The van der Waals surface area contributed by atoms with Crippen molar-refractivity contribution in [3.05, 3.63) is 101 Å². The van der Waals surface area contributed by atoms with Gasteiger partial charge < -0.3 is 29.4 Å². The summed E-state index contributed by atoms with van der Waals surface area (Å²) in [6, 6.07) is 21.6. The van der Waals surface area contributed by atoms with Crippen LogP contribution in [0.4, 0.5) is 0 Å². The zero-order valence-corrected chi connectivity index (χ0v) is 22.3. The summed E-state index contributed by atoms with van der Waals surface area (Å²) in [7, 11) is -1.17. The molecule has 1 nitrogen and oxygen atoms in total. The second-order valence-corrected chi connectivity index (χ2v) is 14.5. The zero-order valence-electron chi connectivity index (χ0n) is 17.4. The van der Waals surface area contributed by atoms with Crippen molar-refractivity contribution in [1.82, 2.24) is 4.57 Å². The Labute approximate surface area is 208 Å². The molecule has 2 unspecified atom stereocenters. The maximum absolute atomic E-state index is 2.51. The number of hydrogen-bond acceptors (Lipinski definition) is 0. The van der Waals surface area contributed by atoms with Crippen LogP contribution in [-0.2, 0) is 24.7 Å². The number of rotatable bonds is 1.